The molecule has 2 aromatic rings. The third kappa shape index (κ3) is 4.92. The second-order valence-corrected chi connectivity index (χ2v) is 6.71. The van der Waals surface area contributed by atoms with Gasteiger partial charge < -0.3 is 0 Å². The molecule has 7 heteroatoms. The van der Waals surface area contributed by atoms with Gasteiger partial charge in [-0.3, -0.25) is 0 Å². The lowest BCUT2D eigenvalue weighted by Crippen LogP contribution is -2.07. The zero-order chi connectivity index (χ0) is 17.1. The molecule has 2 nitrogen and oxygen atoms in total. The average molecular weight is 344 g/mol. The molecule has 0 saturated carbocycles. The van der Waals surface area contributed by atoms with E-state index in [4.69, 9.17) is 0 Å². The van der Waals surface area contributed by atoms with E-state index in [-0.39, 0.29) is 5.56 Å². The highest BCUT2D eigenvalue weighted by atomic mass is 32.2. The predicted octanol–water partition coefficient (Wildman–Crippen LogP) is 4.43. The second kappa shape index (κ2) is 6.54. The van der Waals surface area contributed by atoms with E-state index in [2.05, 4.69) is 0 Å². The zero-order valence-electron chi connectivity index (χ0n) is 11.7. The van der Waals surface area contributed by atoms with Crippen LogP contribution >= 0.6 is 0 Å². The zero-order valence-corrected chi connectivity index (χ0v) is 12.5. The molecule has 0 aromatic heterocycles. The lowest BCUT2D eigenvalue weighted by molar-refractivity contribution is -0.137. The summed E-state index contributed by atoms with van der Waals surface area (Å²) in [7, 11) is -3.78. The summed E-state index contributed by atoms with van der Waals surface area (Å²) in [5.74, 6) is -0.918. The third-order valence-corrected chi connectivity index (χ3v) is 4.29. The molecular weight excluding hydrogens is 332 g/mol. The molecule has 0 atom stereocenters. The van der Waals surface area contributed by atoms with E-state index in [1.54, 1.807) is 0 Å². The monoisotopic (exact) mass is 344 g/mol. The molecule has 0 aliphatic carbocycles. The minimum atomic E-state index is -4.57. The quantitative estimate of drug-likeness (QED) is 0.769. The first kappa shape index (κ1) is 17.2. The fraction of sp³-hybridized carbons (Fsp3) is 0.125. The van der Waals surface area contributed by atoms with Crippen LogP contribution in [0.4, 0.5) is 17.6 Å². The van der Waals surface area contributed by atoms with Gasteiger partial charge in [-0.1, -0.05) is 30.3 Å². The van der Waals surface area contributed by atoms with Gasteiger partial charge in [0.25, 0.3) is 0 Å². The van der Waals surface area contributed by atoms with E-state index >= 15 is 0 Å². The Morgan fingerprint density at radius 2 is 1.57 bits per heavy atom. The van der Waals surface area contributed by atoms with Gasteiger partial charge in [-0.2, -0.15) is 13.2 Å². The molecular formula is C16H12F4O2S. The molecule has 0 N–H and O–H groups in total. The summed E-state index contributed by atoms with van der Waals surface area (Å²) in [6.07, 6.45) is -3.65. The molecule has 0 aliphatic rings. The number of benzene rings is 2. The van der Waals surface area contributed by atoms with E-state index in [0.29, 0.717) is 5.56 Å². The molecule has 0 fully saturated rings. The number of halogens is 4. The van der Waals surface area contributed by atoms with Crippen molar-refractivity contribution in [2.24, 2.45) is 0 Å². The van der Waals surface area contributed by atoms with Crippen LogP contribution in [0.1, 0.15) is 16.7 Å². The highest BCUT2D eigenvalue weighted by Gasteiger charge is 2.32. The first-order valence-electron chi connectivity index (χ1n) is 6.49. The van der Waals surface area contributed by atoms with Crippen LogP contribution in [-0.2, 0) is 21.8 Å². The molecule has 0 radical (unpaired) electrons. The number of hydrogen-bond donors (Lipinski definition) is 0. The molecule has 0 spiro atoms. The van der Waals surface area contributed by atoms with Crippen LogP contribution in [0.5, 0.6) is 0 Å². The first-order chi connectivity index (χ1) is 10.7. The Kier molecular flexibility index (Phi) is 4.89. The van der Waals surface area contributed by atoms with Gasteiger partial charge in [0.1, 0.15) is 5.82 Å². The van der Waals surface area contributed by atoms with Crippen molar-refractivity contribution in [2.45, 2.75) is 11.9 Å². The average Bonchev–Trinajstić information content (AvgIpc) is 2.47. The highest BCUT2D eigenvalue weighted by Crippen LogP contribution is 2.32. The SMILES string of the molecule is O=S(=O)(C=Cc1ccccc1C(F)(F)F)Cc1ccc(F)cc1. The molecule has 2 aromatic carbocycles. The van der Waals surface area contributed by atoms with Crippen LogP contribution in [0, 0.1) is 5.82 Å². The molecule has 0 saturated heterocycles. The Bertz CT molecular complexity index is 807. The van der Waals surface area contributed by atoms with E-state index in [1.807, 2.05) is 0 Å². The van der Waals surface area contributed by atoms with Crippen LogP contribution in [0.25, 0.3) is 6.08 Å². The van der Waals surface area contributed by atoms with Crippen LogP contribution in [0.2, 0.25) is 0 Å². The largest absolute Gasteiger partial charge is 0.416 e. The smallest absolute Gasteiger partial charge is 0.224 e. The summed E-state index contributed by atoms with van der Waals surface area (Å²) in [5, 5.41) is 0.737. The maximum atomic E-state index is 12.8. The lowest BCUT2D eigenvalue weighted by Gasteiger charge is -2.09. The normalized spacial score (nSPS) is 12.7. The maximum absolute atomic E-state index is 12.8. The summed E-state index contributed by atoms with van der Waals surface area (Å²) >= 11 is 0. The van der Waals surface area contributed by atoms with Crippen LogP contribution in [0.15, 0.2) is 53.9 Å². The van der Waals surface area contributed by atoms with Crippen LogP contribution in [0.3, 0.4) is 0 Å². The van der Waals surface area contributed by atoms with Crippen molar-refractivity contribution >= 4 is 15.9 Å². The number of sulfone groups is 1. The molecule has 23 heavy (non-hydrogen) atoms. The molecule has 0 bridgehead atoms. The van der Waals surface area contributed by atoms with Gasteiger partial charge in [0.05, 0.1) is 11.3 Å². The second-order valence-electron chi connectivity index (χ2n) is 4.82. The third-order valence-electron chi connectivity index (χ3n) is 3.00. The summed E-state index contributed by atoms with van der Waals surface area (Å²) in [6.45, 7) is 0. The Balaban J connectivity index is 2.24. The maximum Gasteiger partial charge on any atom is 0.416 e. The van der Waals surface area contributed by atoms with Crippen molar-refractivity contribution in [1.29, 1.82) is 0 Å². The Morgan fingerprint density at radius 1 is 0.957 bits per heavy atom. The fourth-order valence-electron chi connectivity index (χ4n) is 1.94. The number of alkyl halides is 3. The van der Waals surface area contributed by atoms with E-state index < -0.39 is 33.1 Å². The minimum absolute atomic E-state index is 0.234. The van der Waals surface area contributed by atoms with Gasteiger partial charge in [-0.15, -0.1) is 0 Å². The molecule has 2 rings (SSSR count). The van der Waals surface area contributed by atoms with Crippen molar-refractivity contribution in [3.63, 3.8) is 0 Å². The van der Waals surface area contributed by atoms with Crippen molar-refractivity contribution < 1.29 is 26.0 Å². The summed E-state index contributed by atoms with van der Waals surface area (Å²) < 4.78 is 75.2. The van der Waals surface area contributed by atoms with E-state index in [1.165, 1.54) is 30.3 Å². The Morgan fingerprint density at radius 3 is 2.17 bits per heavy atom. The molecule has 0 aliphatic heterocycles. The minimum Gasteiger partial charge on any atom is -0.224 e. The molecule has 0 amide bonds. The van der Waals surface area contributed by atoms with E-state index in [9.17, 15) is 26.0 Å². The Labute approximate surface area is 131 Å². The molecule has 122 valence electrons. The van der Waals surface area contributed by atoms with Crippen molar-refractivity contribution in [3.8, 4) is 0 Å². The van der Waals surface area contributed by atoms with Crippen molar-refractivity contribution in [1.82, 2.24) is 0 Å². The fourth-order valence-corrected chi connectivity index (χ4v) is 3.05. The van der Waals surface area contributed by atoms with Gasteiger partial charge in [0.2, 0.25) is 0 Å². The van der Waals surface area contributed by atoms with Gasteiger partial charge >= 0.3 is 6.18 Å². The van der Waals surface area contributed by atoms with Crippen molar-refractivity contribution in [3.05, 3.63) is 76.4 Å². The predicted molar refractivity (Wildman–Crippen MR) is 79.5 cm³/mol. The standard InChI is InChI=1S/C16H12F4O2S/c17-14-7-5-12(6-8-14)11-23(21,22)10-9-13-3-1-2-4-15(13)16(18,19)20/h1-10H,11H2. The van der Waals surface area contributed by atoms with E-state index in [0.717, 1.165) is 29.7 Å². The summed E-state index contributed by atoms with van der Waals surface area (Å²) in [6, 6.07) is 9.55. The molecule has 0 heterocycles. The highest BCUT2D eigenvalue weighted by molar-refractivity contribution is 7.93. The van der Waals surface area contributed by atoms with Crippen molar-refractivity contribution in [2.75, 3.05) is 0 Å². The summed E-state index contributed by atoms with van der Waals surface area (Å²) in [5.41, 5.74) is -0.795. The molecule has 0 unspecified atom stereocenters. The van der Waals surface area contributed by atoms with Crippen LogP contribution in [-0.4, -0.2) is 8.42 Å². The van der Waals surface area contributed by atoms with Crippen LogP contribution < -0.4 is 0 Å². The van der Waals surface area contributed by atoms with Gasteiger partial charge in [-0.25, -0.2) is 12.8 Å². The number of hydrogen-bond acceptors (Lipinski definition) is 2. The van der Waals surface area contributed by atoms with Gasteiger partial charge in [0, 0.05) is 5.41 Å². The first-order valence-corrected chi connectivity index (χ1v) is 8.20. The van der Waals surface area contributed by atoms with Gasteiger partial charge in [0.15, 0.2) is 9.84 Å². The number of rotatable bonds is 4. The summed E-state index contributed by atoms with van der Waals surface area (Å²) in [4.78, 5) is 0. The lowest BCUT2D eigenvalue weighted by atomic mass is 10.1. The topological polar surface area (TPSA) is 34.1 Å². The van der Waals surface area contributed by atoms with Gasteiger partial charge in [-0.05, 0) is 35.4 Å². The Hall–Kier alpha value is -2.15.